The molecule has 1 N–H and O–H groups in total. The SMILES string of the molecule is Cc1ccsc1CN1C[C@H]2C[C@@H](Oc3ccc(N4CCCC4=O)cc3)[C@H](O)C[C@H]2C1. The predicted octanol–water partition coefficient (Wildman–Crippen LogP) is 3.83. The number of hydrogen-bond acceptors (Lipinski definition) is 5. The van der Waals surface area contributed by atoms with Crippen molar-refractivity contribution in [3.05, 3.63) is 46.2 Å². The zero-order valence-corrected chi connectivity index (χ0v) is 18.3. The Bertz CT molecular complexity index is 896. The Hall–Kier alpha value is -1.89. The molecule has 1 aromatic heterocycles. The van der Waals surface area contributed by atoms with Crippen molar-refractivity contribution in [2.24, 2.45) is 11.8 Å². The van der Waals surface area contributed by atoms with Gasteiger partial charge in [0.25, 0.3) is 0 Å². The number of nitrogens with zero attached hydrogens (tertiary/aromatic N) is 2. The summed E-state index contributed by atoms with van der Waals surface area (Å²) in [4.78, 5) is 17.8. The topological polar surface area (TPSA) is 53.0 Å². The minimum Gasteiger partial charge on any atom is -0.488 e. The summed E-state index contributed by atoms with van der Waals surface area (Å²) in [5.41, 5.74) is 2.32. The van der Waals surface area contributed by atoms with Crippen LogP contribution in [0.2, 0.25) is 0 Å². The average molecular weight is 427 g/mol. The molecule has 1 amide bonds. The third-order valence-corrected chi connectivity index (χ3v) is 8.01. The van der Waals surface area contributed by atoms with Gasteiger partial charge in [0.15, 0.2) is 0 Å². The summed E-state index contributed by atoms with van der Waals surface area (Å²) < 4.78 is 6.21. The molecule has 1 aromatic carbocycles. The van der Waals surface area contributed by atoms with Crippen LogP contribution in [0.4, 0.5) is 5.69 Å². The highest BCUT2D eigenvalue weighted by molar-refractivity contribution is 7.10. The lowest BCUT2D eigenvalue weighted by Crippen LogP contribution is -2.42. The molecule has 4 atom stereocenters. The van der Waals surface area contributed by atoms with E-state index in [2.05, 4.69) is 23.3 Å². The Balaban J connectivity index is 1.19. The first kappa shape index (κ1) is 20.0. The lowest BCUT2D eigenvalue weighted by Gasteiger charge is -2.35. The van der Waals surface area contributed by atoms with Crippen molar-refractivity contribution in [1.29, 1.82) is 0 Å². The molecule has 1 saturated carbocycles. The molecule has 1 aliphatic carbocycles. The van der Waals surface area contributed by atoms with E-state index in [1.165, 1.54) is 10.4 Å². The number of anilines is 1. The molecule has 160 valence electrons. The first-order valence-electron chi connectivity index (χ1n) is 11.1. The van der Waals surface area contributed by atoms with E-state index in [0.29, 0.717) is 18.3 Å². The van der Waals surface area contributed by atoms with Crippen LogP contribution in [-0.4, -0.2) is 47.8 Å². The molecule has 3 heterocycles. The van der Waals surface area contributed by atoms with Gasteiger partial charge >= 0.3 is 0 Å². The Morgan fingerprint density at radius 1 is 1.13 bits per heavy atom. The van der Waals surface area contributed by atoms with Crippen LogP contribution in [0, 0.1) is 18.8 Å². The zero-order chi connectivity index (χ0) is 20.7. The number of thiophene rings is 1. The van der Waals surface area contributed by atoms with Gasteiger partial charge in [0.1, 0.15) is 11.9 Å². The molecular formula is C24H30N2O3S. The Morgan fingerprint density at radius 2 is 1.90 bits per heavy atom. The molecule has 5 rings (SSSR count). The van der Waals surface area contributed by atoms with Crippen molar-refractivity contribution >= 4 is 22.9 Å². The largest absolute Gasteiger partial charge is 0.488 e. The second-order valence-electron chi connectivity index (χ2n) is 9.08. The van der Waals surface area contributed by atoms with Gasteiger partial charge in [-0.3, -0.25) is 9.69 Å². The van der Waals surface area contributed by atoms with Crippen molar-refractivity contribution in [3.63, 3.8) is 0 Å². The quantitative estimate of drug-likeness (QED) is 0.789. The Morgan fingerprint density at radius 3 is 2.57 bits per heavy atom. The van der Waals surface area contributed by atoms with Gasteiger partial charge in [0.2, 0.25) is 5.91 Å². The van der Waals surface area contributed by atoms with Gasteiger partial charge in [0, 0.05) is 43.2 Å². The number of carbonyl (C=O) groups excluding carboxylic acids is 1. The van der Waals surface area contributed by atoms with Crippen molar-refractivity contribution < 1.29 is 14.6 Å². The fourth-order valence-electron chi connectivity index (χ4n) is 5.31. The van der Waals surface area contributed by atoms with E-state index < -0.39 is 6.10 Å². The summed E-state index contributed by atoms with van der Waals surface area (Å²) in [7, 11) is 0. The summed E-state index contributed by atoms with van der Waals surface area (Å²) in [6, 6.07) is 9.97. The van der Waals surface area contributed by atoms with E-state index in [1.807, 2.05) is 40.5 Å². The third kappa shape index (κ3) is 4.01. The minimum absolute atomic E-state index is 0.158. The number of fused-ring (bicyclic) bond motifs is 1. The number of likely N-dealkylation sites (tertiary alicyclic amines) is 1. The number of benzene rings is 1. The summed E-state index contributed by atoms with van der Waals surface area (Å²) in [5, 5.41) is 12.9. The number of rotatable bonds is 5. The smallest absolute Gasteiger partial charge is 0.227 e. The van der Waals surface area contributed by atoms with E-state index >= 15 is 0 Å². The lowest BCUT2D eigenvalue weighted by molar-refractivity contribution is -0.117. The van der Waals surface area contributed by atoms with Gasteiger partial charge in [-0.15, -0.1) is 11.3 Å². The molecule has 2 aromatic rings. The number of aryl methyl sites for hydroxylation is 1. The minimum atomic E-state index is -0.422. The maximum absolute atomic E-state index is 11.9. The maximum Gasteiger partial charge on any atom is 0.227 e. The maximum atomic E-state index is 11.9. The highest BCUT2D eigenvalue weighted by atomic mass is 32.1. The van der Waals surface area contributed by atoms with Gasteiger partial charge in [-0.25, -0.2) is 0 Å². The molecule has 3 aliphatic rings. The second-order valence-corrected chi connectivity index (χ2v) is 10.1. The average Bonchev–Trinajstić information content (AvgIpc) is 3.44. The molecule has 6 heteroatoms. The molecule has 0 unspecified atom stereocenters. The molecule has 0 bridgehead atoms. The summed E-state index contributed by atoms with van der Waals surface area (Å²) >= 11 is 1.84. The molecule has 0 radical (unpaired) electrons. The lowest BCUT2D eigenvalue weighted by atomic mass is 9.78. The number of aliphatic hydroxyl groups is 1. The molecule has 2 aliphatic heterocycles. The standard InChI is InChI=1S/C24H30N2O3S/c1-16-8-10-30-23(16)15-25-13-17-11-21(27)22(12-18(17)14-25)29-20-6-4-19(5-7-20)26-9-2-3-24(26)28/h4-8,10,17-18,21-22,27H,2-3,9,11-15H2,1H3/t17-,18+,21+,22+/m0/s1. The molecular weight excluding hydrogens is 396 g/mol. The third-order valence-electron chi connectivity index (χ3n) is 7.01. The summed E-state index contributed by atoms with van der Waals surface area (Å²) in [6.07, 6.45) is 2.70. The molecule has 30 heavy (non-hydrogen) atoms. The van der Waals surface area contributed by atoms with E-state index in [-0.39, 0.29) is 12.0 Å². The fraction of sp³-hybridized carbons (Fsp3) is 0.542. The van der Waals surface area contributed by atoms with Crippen LogP contribution < -0.4 is 9.64 Å². The summed E-state index contributed by atoms with van der Waals surface area (Å²) in [5.74, 6) is 2.11. The number of ether oxygens (including phenoxy) is 1. The summed E-state index contributed by atoms with van der Waals surface area (Å²) in [6.45, 7) is 6.17. The van der Waals surface area contributed by atoms with Crippen molar-refractivity contribution in [1.82, 2.24) is 4.90 Å². The highest BCUT2D eigenvalue weighted by Crippen LogP contribution is 2.39. The van der Waals surface area contributed by atoms with Crippen LogP contribution in [0.5, 0.6) is 5.75 Å². The van der Waals surface area contributed by atoms with E-state index in [4.69, 9.17) is 4.74 Å². The van der Waals surface area contributed by atoms with Gasteiger partial charge in [-0.1, -0.05) is 0 Å². The van der Waals surface area contributed by atoms with Crippen LogP contribution >= 0.6 is 11.3 Å². The van der Waals surface area contributed by atoms with Gasteiger partial charge < -0.3 is 14.7 Å². The van der Waals surface area contributed by atoms with E-state index in [9.17, 15) is 9.90 Å². The number of amides is 1. The predicted molar refractivity (Wildman–Crippen MR) is 119 cm³/mol. The first-order chi connectivity index (χ1) is 14.6. The molecule has 3 fully saturated rings. The number of carbonyl (C=O) groups is 1. The monoisotopic (exact) mass is 426 g/mol. The Kier molecular flexibility index (Phi) is 5.56. The second kappa shape index (κ2) is 8.33. The zero-order valence-electron chi connectivity index (χ0n) is 17.5. The van der Waals surface area contributed by atoms with Crippen molar-refractivity contribution in [2.75, 3.05) is 24.5 Å². The Labute approximate surface area is 182 Å². The normalized spacial score (nSPS) is 29.4. The molecule has 5 nitrogen and oxygen atoms in total. The van der Waals surface area contributed by atoms with Crippen molar-refractivity contribution in [2.45, 2.75) is 51.4 Å². The number of hydrogen-bond donors (Lipinski definition) is 1. The molecule has 2 saturated heterocycles. The van der Waals surface area contributed by atoms with Crippen LogP contribution in [0.3, 0.4) is 0 Å². The van der Waals surface area contributed by atoms with Crippen LogP contribution in [0.25, 0.3) is 0 Å². The van der Waals surface area contributed by atoms with Gasteiger partial charge in [-0.2, -0.15) is 0 Å². The highest BCUT2D eigenvalue weighted by Gasteiger charge is 2.42. The van der Waals surface area contributed by atoms with Crippen molar-refractivity contribution in [3.8, 4) is 5.75 Å². The molecule has 0 spiro atoms. The van der Waals surface area contributed by atoms with Gasteiger partial charge in [0.05, 0.1) is 6.10 Å². The first-order valence-corrected chi connectivity index (χ1v) is 12.0. The van der Waals surface area contributed by atoms with Crippen LogP contribution in [-0.2, 0) is 11.3 Å². The van der Waals surface area contributed by atoms with E-state index in [1.54, 1.807) is 0 Å². The number of aliphatic hydroxyl groups excluding tert-OH is 1. The van der Waals surface area contributed by atoms with Gasteiger partial charge in [-0.05, 0) is 79.3 Å². The van der Waals surface area contributed by atoms with Crippen LogP contribution in [0.15, 0.2) is 35.7 Å². The van der Waals surface area contributed by atoms with Crippen LogP contribution in [0.1, 0.15) is 36.1 Å². The fourth-order valence-corrected chi connectivity index (χ4v) is 6.26. The van der Waals surface area contributed by atoms with E-state index in [0.717, 1.165) is 56.9 Å².